The van der Waals surface area contributed by atoms with E-state index in [4.69, 9.17) is 5.26 Å². The van der Waals surface area contributed by atoms with Crippen LogP contribution in [0.4, 0.5) is 13.2 Å². The lowest BCUT2D eigenvalue weighted by Gasteiger charge is -2.09. The Labute approximate surface area is 97.5 Å². The number of rotatable bonds is 0. The number of nitrogens with zero attached hydrogens (tertiary/aromatic N) is 1. The van der Waals surface area contributed by atoms with Gasteiger partial charge in [0.25, 0.3) is 0 Å². The first kappa shape index (κ1) is 11.7. The second kappa shape index (κ2) is 3.98. The Morgan fingerprint density at radius 1 is 1.36 bits per heavy atom. The van der Waals surface area contributed by atoms with Gasteiger partial charge in [-0.05, 0) is 34.7 Å². The highest BCUT2D eigenvalue weighted by Crippen LogP contribution is 2.34. The Kier molecular flexibility index (Phi) is 3.32. The Morgan fingerprint density at radius 3 is 2.36 bits per heavy atom. The predicted molar refractivity (Wildman–Crippen MR) is 56.1 cm³/mol. The zero-order valence-corrected chi connectivity index (χ0v) is 9.61. The van der Waals surface area contributed by atoms with Gasteiger partial charge in [0.2, 0.25) is 0 Å². The average Bonchev–Trinajstić information content (AvgIpc) is 2.07. The minimum atomic E-state index is -4.49. The zero-order valence-electron chi connectivity index (χ0n) is 6.56. The van der Waals surface area contributed by atoms with E-state index in [2.05, 4.69) is 12.6 Å². The largest absolute Gasteiger partial charge is 0.417 e. The van der Waals surface area contributed by atoms with E-state index in [9.17, 15) is 13.2 Å². The van der Waals surface area contributed by atoms with E-state index >= 15 is 0 Å². The summed E-state index contributed by atoms with van der Waals surface area (Å²) in [6.07, 6.45) is -4.49. The van der Waals surface area contributed by atoms with Crippen LogP contribution in [0.15, 0.2) is 17.0 Å². The van der Waals surface area contributed by atoms with E-state index in [0.717, 1.165) is 12.1 Å². The zero-order chi connectivity index (χ0) is 10.9. The van der Waals surface area contributed by atoms with Crippen LogP contribution in [0.2, 0.25) is 0 Å². The molecule has 1 aromatic rings. The van der Waals surface area contributed by atoms with E-state index in [1.165, 1.54) is 6.07 Å². The first-order valence-electron chi connectivity index (χ1n) is 3.36. The minimum absolute atomic E-state index is 0.371. The molecule has 0 unspecified atom stereocenters. The van der Waals surface area contributed by atoms with Crippen molar-refractivity contribution in [1.82, 2.24) is 0 Å². The molecule has 1 rings (SSSR count). The summed E-state index contributed by atoms with van der Waals surface area (Å²) in [5, 5.41) is 8.51. The maximum atomic E-state index is 12.4. The molecule has 0 spiro atoms. The molecule has 0 bridgehead atoms. The highest BCUT2D eigenvalue weighted by molar-refractivity contribution is 14.1. The molecule has 14 heavy (non-hydrogen) atoms. The Bertz CT molecular complexity index is 408. The second-order valence-corrected chi connectivity index (χ2v) is 4.10. The van der Waals surface area contributed by atoms with E-state index in [-0.39, 0.29) is 0 Å². The SMILES string of the molecule is N#Cc1cc(S)c(I)cc1C(F)(F)F. The number of hydrogen-bond donors (Lipinski definition) is 1. The molecule has 1 nitrogen and oxygen atoms in total. The minimum Gasteiger partial charge on any atom is -0.192 e. The fourth-order valence-electron chi connectivity index (χ4n) is 0.889. The number of hydrogen-bond acceptors (Lipinski definition) is 2. The molecule has 6 heteroatoms. The molecule has 0 aliphatic rings. The van der Waals surface area contributed by atoms with Crippen LogP contribution >= 0.6 is 35.2 Å². The summed E-state index contributed by atoms with van der Waals surface area (Å²) in [5.41, 5.74) is -1.31. The molecule has 0 radical (unpaired) electrons. The van der Waals surface area contributed by atoms with E-state index in [1.807, 2.05) is 0 Å². The van der Waals surface area contributed by atoms with Gasteiger partial charge in [-0.2, -0.15) is 18.4 Å². The van der Waals surface area contributed by atoms with Gasteiger partial charge in [0.05, 0.1) is 17.2 Å². The Morgan fingerprint density at radius 2 is 1.93 bits per heavy atom. The third-order valence-corrected chi connectivity index (χ3v) is 3.20. The van der Waals surface area contributed by atoms with Crippen LogP contribution in [0.3, 0.4) is 0 Å². The summed E-state index contributed by atoms with van der Waals surface area (Å²) in [4.78, 5) is 0.371. The molecule has 0 N–H and O–H groups in total. The van der Waals surface area contributed by atoms with Crippen molar-refractivity contribution in [3.8, 4) is 6.07 Å². The summed E-state index contributed by atoms with van der Waals surface area (Å²) < 4.78 is 37.5. The monoisotopic (exact) mass is 329 g/mol. The summed E-state index contributed by atoms with van der Waals surface area (Å²) in [6, 6.07) is 3.53. The van der Waals surface area contributed by atoms with Crippen LogP contribution in [0, 0.1) is 14.9 Å². The quantitative estimate of drug-likeness (QED) is 0.572. The fraction of sp³-hybridized carbons (Fsp3) is 0.125. The molecule has 74 valence electrons. The molecule has 0 aromatic heterocycles. The summed E-state index contributed by atoms with van der Waals surface area (Å²) in [5.74, 6) is 0. The van der Waals surface area contributed by atoms with Crippen molar-refractivity contribution in [3.63, 3.8) is 0 Å². The third kappa shape index (κ3) is 2.33. The van der Waals surface area contributed by atoms with Crippen molar-refractivity contribution in [2.24, 2.45) is 0 Å². The Balaban J connectivity index is 3.45. The number of benzene rings is 1. The first-order valence-corrected chi connectivity index (χ1v) is 4.88. The van der Waals surface area contributed by atoms with Crippen molar-refractivity contribution in [1.29, 1.82) is 5.26 Å². The van der Waals surface area contributed by atoms with Gasteiger partial charge in [-0.1, -0.05) is 0 Å². The lowest BCUT2D eigenvalue weighted by Crippen LogP contribution is -2.08. The molecule has 0 amide bonds. The smallest absolute Gasteiger partial charge is 0.192 e. The molecule has 0 fully saturated rings. The van der Waals surface area contributed by atoms with Crippen LogP contribution in [-0.4, -0.2) is 0 Å². The van der Waals surface area contributed by atoms with Crippen molar-refractivity contribution in [2.45, 2.75) is 11.1 Å². The maximum Gasteiger partial charge on any atom is 0.417 e. The van der Waals surface area contributed by atoms with Gasteiger partial charge in [-0.15, -0.1) is 12.6 Å². The standard InChI is InChI=1S/C8H3F3INS/c9-8(10,11)5-2-6(12)7(14)1-4(5)3-13/h1-2,14H. The lowest BCUT2D eigenvalue weighted by atomic mass is 10.1. The molecule has 0 saturated carbocycles. The van der Waals surface area contributed by atoms with Gasteiger partial charge in [0.1, 0.15) is 0 Å². The number of halogens is 4. The van der Waals surface area contributed by atoms with Crippen LogP contribution < -0.4 is 0 Å². The third-order valence-electron chi connectivity index (χ3n) is 1.51. The van der Waals surface area contributed by atoms with Crippen molar-refractivity contribution in [2.75, 3.05) is 0 Å². The highest BCUT2D eigenvalue weighted by atomic mass is 127. The molecule has 0 aliphatic heterocycles. The molecular formula is C8H3F3INS. The molecule has 0 saturated heterocycles. The van der Waals surface area contributed by atoms with Crippen LogP contribution in [0.5, 0.6) is 0 Å². The molecule has 0 atom stereocenters. The average molecular weight is 329 g/mol. The normalized spacial score (nSPS) is 11.1. The topological polar surface area (TPSA) is 23.8 Å². The van der Waals surface area contributed by atoms with E-state index in [0.29, 0.717) is 8.47 Å². The summed E-state index contributed by atoms with van der Waals surface area (Å²) >= 11 is 5.68. The van der Waals surface area contributed by atoms with Crippen LogP contribution in [0.25, 0.3) is 0 Å². The summed E-state index contributed by atoms with van der Waals surface area (Å²) in [7, 11) is 0. The molecule has 1 aromatic carbocycles. The number of alkyl halides is 3. The van der Waals surface area contributed by atoms with Gasteiger partial charge in [-0.25, -0.2) is 0 Å². The van der Waals surface area contributed by atoms with Gasteiger partial charge in [-0.3, -0.25) is 0 Å². The highest BCUT2D eigenvalue weighted by Gasteiger charge is 2.34. The van der Waals surface area contributed by atoms with Crippen LogP contribution in [-0.2, 0) is 6.18 Å². The fourth-order valence-corrected chi connectivity index (χ4v) is 1.55. The van der Waals surface area contributed by atoms with E-state index in [1.54, 1.807) is 22.6 Å². The van der Waals surface area contributed by atoms with Crippen molar-refractivity contribution in [3.05, 3.63) is 26.8 Å². The van der Waals surface area contributed by atoms with Gasteiger partial charge in [0.15, 0.2) is 0 Å². The number of thiol groups is 1. The maximum absolute atomic E-state index is 12.4. The van der Waals surface area contributed by atoms with Gasteiger partial charge in [0, 0.05) is 8.47 Å². The van der Waals surface area contributed by atoms with Crippen molar-refractivity contribution >= 4 is 35.2 Å². The van der Waals surface area contributed by atoms with Gasteiger partial charge >= 0.3 is 6.18 Å². The van der Waals surface area contributed by atoms with Crippen LogP contribution in [0.1, 0.15) is 11.1 Å². The summed E-state index contributed by atoms with van der Waals surface area (Å²) in [6.45, 7) is 0. The van der Waals surface area contributed by atoms with Crippen molar-refractivity contribution < 1.29 is 13.2 Å². The second-order valence-electron chi connectivity index (χ2n) is 2.46. The first-order chi connectivity index (χ1) is 6.36. The lowest BCUT2D eigenvalue weighted by molar-refractivity contribution is -0.137. The molecular weight excluding hydrogens is 326 g/mol. The number of nitriles is 1. The Hall–Kier alpha value is -0.420. The molecule has 0 heterocycles. The molecule has 0 aliphatic carbocycles. The predicted octanol–water partition coefficient (Wildman–Crippen LogP) is 3.47. The van der Waals surface area contributed by atoms with Gasteiger partial charge < -0.3 is 0 Å². The van der Waals surface area contributed by atoms with E-state index < -0.39 is 17.3 Å².